The Hall–Kier alpha value is -3.93. The van der Waals surface area contributed by atoms with Crippen LogP contribution in [-0.2, 0) is 16.0 Å². The van der Waals surface area contributed by atoms with Crippen molar-refractivity contribution in [3.8, 4) is 6.07 Å². The van der Waals surface area contributed by atoms with Crippen LogP contribution in [0, 0.1) is 21.4 Å². The zero-order valence-electron chi connectivity index (χ0n) is 14.9. The highest BCUT2D eigenvalue weighted by Crippen LogP contribution is 2.26. The normalized spacial score (nSPS) is 11.1. The summed E-state index contributed by atoms with van der Waals surface area (Å²) in [4.78, 5) is 34.2. The van der Waals surface area contributed by atoms with Gasteiger partial charge < -0.3 is 16.4 Å². The van der Waals surface area contributed by atoms with Crippen molar-refractivity contribution >= 4 is 23.2 Å². The fourth-order valence-corrected chi connectivity index (χ4v) is 2.55. The number of nitro groups is 1. The van der Waals surface area contributed by atoms with Crippen LogP contribution in [0.25, 0.3) is 0 Å². The van der Waals surface area contributed by atoms with Crippen molar-refractivity contribution in [1.29, 1.82) is 5.26 Å². The molecule has 2 aromatic carbocycles. The van der Waals surface area contributed by atoms with E-state index >= 15 is 0 Å². The molecule has 9 nitrogen and oxygen atoms in total. The SMILES string of the molecule is N#Cc1ccc(N[C@@H](Cc2ccccc2)C(=O)NCCC(N)=O)c([N+](=O)[O-])c1. The van der Waals surface area contributed by atoms with E-state index in [1.165, 1.54) is 12.1 Å². The molecule has 1 atom stereocenters. The number of nitriles is 1. The van der Waals surface area contributed by atoms with Gasteiger partial charge in [0.15, 0.2) is 0 Å². The third-order valence-electron chi connectivity index (χ3n) is 3.92. The second-order valence-corrected chi connectivity index (χ2v) is 5.99. The first-order chi connectivity index (χ1) is 13.4. The largest absolute Gasteiger partial charge is 0.370 e. The van der Waals surface area contributed by atoms with E-state index in [2.05, 4.69) is 10.6 Å². The van der Waals surface area contributed by atoms with Gasteiger partial charge in [0.25, 0.3) is 5.69 Å². The number of nitrogens with zero attached hydrogens (tertiary/aromatic N) is 2. The van der Waals surface area contributed by atoms with E-state index in [0.29, 0.717) is 0 Å². The van der Waals surface area contributed by atoms with Crippen LogP contribution in [0.5, 0.6) is 0 Å². The molecule has 9 heteroatoms. The Morgan fingerprint density at radius 2 is 1.93 bits per heavy atom. The van der Waals surface area contributed by atoms with Gasteiger partial charge in [-0.05, 0) is 17.7 Å². The molecule has 2 amide bonds. The molecule has 0 aliphatic carbocycles. The van der Waals surface area contributed by atoms with Gasteiger partial charge >= 0.3 is 0 Å². The smallest absolute Gasteiger partial charge is 0.293 e. The van der Waals surface area contributed by atoms with Crippen molar-refractivity contribution in [1.82, 2.24) is 5.32 Å². The highest BCUT2D eigenvalue weighted by Gasteiger charge is 2.23. The van der Waals surface area contributed by atoms with E-state index < -0.39 is 22.8 Å². The molecule has 0 aliphatic heterocycles. The summed E-state index contributed by atoms with van der Waals surface area (Å²) < 4.78 is 0. The molecule has 0 saturated carbocycles. The number of nitrogens with one attached hydrogen (secondary N) is 2. The summed E-state index contributed by atoms with van der Waals surface area (Å²) in [5, 5.41) is 25.8. The topological polar surface area (TPSA) is 151 Å². The van der Waals surface area contributed by atoms with Crippen LogP contribution >= 0.6 is 0 Å². The van der Waals surface area contributed by atoms with Crippen molar-refractivity contribution in [3.63, 3.8) is 0 Å². The lowest BCUT2D eigenvalue weighted by Crippen LogP contribution is -2.42. The number of primary amides is 1. The fraction of sp³-hybridized carbons (Fsp3) is 0.211. The molecule has 0 saturated heterocycles. The molecular weight excluding hydrogens is 362 g/mol. The molecule has 0 spiro atoms. The minimum Gasteiger partial charge on any atom is -0.370 e. The van der Waals surface area contributed by atoms with Crippen LogP contribution in [0.1, 0.15) is 17.5 Å². The first-order valence-corrected chi connectivity index (χ1v) is 8.45. The number of carbonyl (C=O) groups excluding carboxylic acids is 2. The molecule has 2 rings (SSSR count). The van der Waals surface area contributed by atoms with Gasteiger partial charge in [-0.1, -0.05) is 30.3 Å². The quantitative estimate of drug-likeness (QED) is 0.442. The summed E-state index contributed by atoms with van der Waals surface area (Å²) >= 11 is 0. The van der Waals surface area contributed by atoms with E-state index in [1.54, 1.807) is 0 Å². The fourth-order valence-electron chi connectivity index (χ4n) is 2.55. The van der Waals surface area contributed by atoms with Gasteiger partial charge in [0, 0.05) is 25.5 Å². The second kappa shape index (κ2) is 9.68. The van der Waals surface area contributed by atoms with Crippen LogP contribution in [0.3, 0.4) is 0 Å². The molecule has 0 bridgehead atoms. The summed E-state index contributed by atoms with van der Waals surface area (Å²) in [7, 11) is 0. The van der Waals surface area contributed by atoms with Crippen molar-refractivity contribution in [2.45, 2.75) is 18.9 Å². The molecular formula is C19H19N5O4. The molecule has 2 aromatic rings. The van der Waals surface area contributed by atoms with Gasteiger partial charge in [-0.3, -0.25) is 19.7 Å². The maximum absolute atomic E-state index is 12.6. The van der Waals surface area contributed by atoms with E-state index in [0.717, 1.165) is 11.6 Å². The molecule has 0 radical (unpaired) electrons. The lowest BCUT2D eigenvalue weighted by Gasteiger charge is -2.19. The first-order valence-electron chi connectivity index (χ1n) is 8.45. The maximum atomic E-state index is 12.6. The predicted molar refractivity (Wildman–Crippen MR) is 102 cm³/mol. The number of amides is 2. The summed E-state index contributed by atoms with van der Waals surface area (Å²) in [6.07, 6.45) is 0.251. The summed E-state index contributed by atoms with van der Waals surface area (Å²) in [5.41, 5.74) is 5.88. The average Bonchev–Trinajstić information content (AvgIpc) is 2.68. The number of anilines is 1. The van der Waals surface area contributed by atoms with Gasteiger partial charge in [0.05, 0.1) is 16.6 Å². The van der Waals surface area contributed by atoms with Crippen LogP contribution in [0.15, 0.2) is 48.5 Å². The van der Waals surface area contributed by atoms with Crippen LogP contribution in [-0.4, -0.2) is 29.3 Å². The van der Waals surface area contributed by atoms with E-state index in [4.69, 9.17) is 11.0 Å². The highest BCUT2D eigenvalue weighted by molar-refractivity contribution is 5.86. The van der Waals surface area contributed by atoms with Crippen molar-refractivity contribution in [2.24, 2.45) is 5.73 Å². The molecule has 0 aromatic heterocycles. The number of nitrogens with two attached hydrogens (primary N) is 1. The number of nitro benzene ring substituents is 1. The number of benzene rings is 2. The van der Waals surface area contributed by atoms with Crippen LogP contribution < -0.4 is 16.4 Å². The lowest BCUT2D eigenvalue weighted by molar-refractivity contribution is -0.384. The van der Waals surface area contributed by atoms with Crippen LogP contribution in [0.2, 0.25) is 0 Å². The summed E-state index contributed by atoms with van der Waals surface area (Å²) in [6, 6.07) is 14.1. The molecule has 28 heavy (non-hydrogen) atoms. The Morgan fingerprint density at radius 1 is 1.21 bits per heavy atom. The Bertz CT molecular complexity index is 908. The number of rotatable bonds is 9. The first kappa shape index (κ1) is 20.4. The van der Waals surface area contributed by atoms with Gasteiger partial charge in [0.1, 0.15) is 11.7 Å². The number of hydrogen-bond donors (Lipinski definition) is 3. The van der Waals surface area contributed by atoms with E-state index in [1.807, 2.05) is 36.4 Å². The monoisotopic (exact) mass is 381 g/mol. The number of hydrogen-bond acceptors (Lipinski definition) is 6. The van der Waals surface area contributed by atoms with Gasteiger partial charge in [-0.2, -0.15) is 5.26 Å². The molecule has 4 N–H and O–H groups in total. The van der Waals surface area contributed by atoms with Crippen molar-refractivity contribution in [3.05, 3.63) is 69.8 Å². The second-order valence-electron chi connectivity index (χ2n) is 5.99. The highest BCUT2D eigenvalue weighted by atomic mass is 16.6. The Labute approximate surface area is 161 Å². The van der Waals surface area contributed by atoms with E-state index in [9.17, 15) is 19.7 Å². The lowest BCUT2D eigenvalue weighted by atomic mass is 10.0. The molecule has 0 fully saturated rings. The summed E-state index contributed by atoms with van der Waals surface area (Å²) in [5.74, 6) is -0.973. The maximum Gasteiger partial charge on any atom is 0.293 e. The zero-order chi connectivity index (χ0) is 20.5. The Kier molecular flexibility index (Phi) is 7.05. The third-order valence-corrected chi connectivity index (χ3v) is 3.92. The van der Waals surface area contributed by atoms with Gasteiger partial charge in [-0.15, -0.1) is 0 Å². The Morgan fingerprint density at radius 3 is 2.54 bits per heavy atom. The molecule has 0 unspecified atom stereocenters. The molecule has 0 aliphatic rings. The summed E-state index contributed by atoms with van der Waals surface area (Å²) in [6.45, 7) is 0.0661. The van der Waals surface area contributed by atoms with Crippen molar-refractivity contribution in [2.75, 3.05) is 11.9 Å². The van der Waals surface area contributed by atoms with E-state index in [-0.39, 0.29) is 36.3 Å². The minimum atomic E-state index is -0.832. The predicted octanol–water partition coefficient (Wildman–Crippen LogP) is 1.48. The molecule has 0 heterocycles. The third kappa shape index (κ3) is 5.81. The standard InChI is InChI=1S/C19H19N5O4/c20-12-14-6-7-15(17(11-14)24(27)28)23-16(10-13-4-2-1-3-5-13)19(26)22-9-8-18(21)25/h1-7,11,16,23H,8-10H2,(H2,21,25)(H,22,26)/t16-/m0/s1. The van der Waals surface area contributed by atoms with Gasteiger partial charge in [0.2, 0.25) is 11.8 Å². The zero-order valence-corrected chi connectivity index (χ0v) is 14.9. The average molecular weight is 381 g/mol. The number of carbonyl (C=O) groups is 2. The minimum absolute atomic E-state index is 0.0131. The van der Waals surface area contributed by atoms with Crippen molar-refractivity contribution < 1.29 is 14.5 Å². The molecule has 144 valence electrons. The van der Waals surface area contributed by atoms with Gasteiger partial charge in [-0.25, -0.2) is 0 Å². The van der Waals surface area contributed by atoms with Crippen LogP contribution in [0.4, 0.5) is 11.4 Å². The Balaban J connectivity index is 2.26.